The molecule has 0 aliphatic heterocycles. The minimum Gasteiger partial charge on any atom is -0.464 e. The Morgan fingerprint density at radius 1 is 1.15 bits per heavy atom. The Balaban J connectivity index is -0.000000508. The number of likely N-dealkylation sites (N-methyl/N-ethyl adjacent to an activating group) is 1. The first kappa shape index (κ1) is 24.9. The average molecular weight is 362 g/mol. The largest absolute Gasteiger partial charge is 0.464 e. The molecule has 0 bridgehead atoms. The maximum Gasteiger partial charge on any atom is 0.313 e. The van der Waals surface area contributed by atoms with Crippen molar-refractivity contribution >= 4 is 51.9 Å². The summed E-state index contributed by atoms with van der Waals surface area (Å²) < 4.78 is 9.76. The van der Waals surface area contributed by atoms with Crippen molar-refractivity contribution in [1.82, 2.24) is 4.90 Å². The van der Waals surface area contributed by atoms with Crippen molar-refractivity contribution in [2.45, 2.75) is 20.8 Å². The lowest BCUT2D eigenvalue weighted by Gasteiger charge is -2.15. The fraction of sp³-hybridized carbons (Fsp3) is 0.818. The monoisotopic (exact) mass is 361 g/mol. The van der Waals surface area contributed by atoms with Gasteiger partial charge in [-0.05, 0) is 14.0 Å². The molecule has 0 saturated heterocycles. The van der Waals surface area contributed by atoms with Gasteiger partial charge in [0.1, 0.15) is 18.8 Å². The molecule has 0 aromatic heterocycles. The predicted octanol–water partition coefficient (Wildman–Crippen LogP) is 0.713. The van der Waals surface area contributed by atoms with Crippen molar-refractivity contribution in [3.63, 3.8) is 0 Å². The fourth-order valence-electron chi connectivity index (χ4n) is 0.929. The van der Waals surface area contributed by atoms with Gasteiger partial charge in [-0.25, -0.2) is 0 Å². The van der Waals surface area contributed by atoms with E-state index in [1.807, 2.05) is 11.9 Å². The second-order valence-electron chi connectivity index (χ2n) is 3.53. The van der Waals surface area contributed by atoms with Crippen molar-refractivity contribution in [3.8, 4) is 0 Å². The number of hydrogen-bond donors (Lipinski definition) is 0. The number of carbonyl (C=O) groups excluding carboxylic acids is 2. The van der Waals surface area contributed by atoms with E-state index in [2.05, 4.69) is 22.4 Å². The molecule has 0 aromatic carbocycles. The molecular weight excluding hydrogens is 338 g/mol. The topological polar surface area (TPSA) is 55.8 Å². The number of methoxy groups -OCH3 is 1. The van der Waals surface area contributed by atoms with Crippen molar-refractivity contribution < 1.29 is 19.1 Å². The van der Waals surface area contributed by atoms with Gasteiger partial charge in [-0.1, -0.05) is 7.43 Å². The lowest BCUT2D eigenvalue weighted by molar-refractivity contribution is -0.146. The number of Topliss-reactive ketones (excluding diaryl/α,β-unsaturated/α-hetero) is 1. The number of ether oxygens (including phenoxy) is 2. The highest BCUT2D eigenvalue weighted by Gasteiger charge is 2.06. The molecule has 0 saturated carbocycles. The number of carbonyl (C=O) groups is 2. The van der Waals surface area contributed by atoms with Crippen LogP contribution in [0, 0.1) is 0 Å². The molecule has 0 aromatic rings. The Morgan fingerprint density at radius 3 is 2.05 bits per heavy atom. The first-order valence-corrected chi connectivity index (χ1v) is 9.38. The fourth-order valence-corrected chi connectivity index (χ4v) is 0.929. The van der Waals surface area contributed by atoms with Crippen LogP contribution in [0.1, 0.15) is 20.8 Å². The molecule has 0 radical (unpaired) electrons. The Labute approximate surface area is 137 Å². The number of nitrogens with zero attached hydrogens (tertiary/aromatic N) is 1. The lowest BCUT2D eigenvalue weighted by atomic mass is 10.3. The molecular formula is C11H23NO4S4. The highest BCUT2D eigenvalue weighted by molar-refractivity contribution is 8.51. The maximum atomic E-state index is 11.0. The highest BCUT2D eigenvalue weighted by atomic mass is 33.2. The van der Waals surface area contributed by atoms with Crippen LogP contribution < -0.4 is 0 Å². The Bertz CT molecular complexity index is 331. The second kappa shape index (κ2) is 18.9. The van der Waals surface area contributed by atoms with Gasteiger partial charge < -0.3 is 14.4 Å². The molecule has 0 amide bonds. The molecule has 0 aliphatic rings. The molecule has 0 spiro atoms. The maximum absolute atomic E-state index is 11.0. The van der Waals surface area contributed by atoms with Crippen LogP contribution in [0.15, 0.2) is 0 Å². The predicted molar refractivity (Wildman–Crippen MR) is 91.8 cm³/mol. The summed E-state index contributed by atoms with van der Waals surface area (Å²) in [6, 6.07) is 0. The molecule has 0 aliphatic carbocycles. The van der Waals surface area contributed by atoms with Gasteiger partial charge in [-0.3, -0.25) is 9.59 Å². The van der Waals surface area contributed by atoms with Gasteiger partial charge in [0.2, 0.25) is 0 Å². The van der Waals surface area contributed by atoms with Crippen LogP contribution in [0.25, 0.3) is 0 Å². The SMILES string of the molecule is C.COCCN(C)CCOC(=O)CC(C)=O.S=S=S=S. The first-order chi connectivity index (χ1) is 8.97. The van der Waals surface area contributed by atoms with E-state index in [0.717, 1.165) is 6.54 Å². The summed E-state index contributed by atoms with van der Waals surface area (Å²) in [7, 11) is 5.90. The lowest BCUT2D eigenvalue weighted by Crippen LogP contribution is -2.27. The van der Waals surface area contributed by atoms with E-state index in [-0.39, 0.29) is 19.6 Å². The van der Waals surface area contributed by atoms with E-state index in [1.54, 1.807) is 7.11 Å². The van der Waals surface area contributed by atoms with Gasteiger partial charge >= 0.3 is 5.97 Å². The molecule has 0 heterocycles. The van der Waals surface area contributed by atoms with E-state index >= 15 is 0 Å². The van der Waals surface area contributed by atoms with Gasteiger partial charge in [0, 0.05) is 60.3 Å². The molecule has 120 valence electrons. The van der Waals surface area contributed by atoms with Crippen molar-refractivity contribution in [2.24, 2.45) is 0 Å². The van der Waals surface area contributed by atoms with Gasteiger partial charge in [0.25, 0.3) is 0 Å². The Hall–Kier alpha value is -0.0600. The summed E-state index contributed by atoms with van der Waals surface area (Å²) in [5, 5.41) is 0. The van der Waals surface area contributed by atoms with E-state index in [1.165, 1.54) is 24.7 Å². The van der Waals surface area contributed by atoms with Crippen molar-refractivity contribution in [2.75, 3.05) is 40.5 Å². The van der Waals surface area contributed by atoms with Gasteiger partial charge in [0.15, 0.2) is 0 Å². The van der Waals surface area contributed by atoms with E-state index in [4.69, 9.17) is 9.47 Å². The minimum absolute atomic E-state index is 0. The third-order valence-electron chi connectivity index (χ3n) is 1.83. The van der Waals surface area contributed by atoms with Gasteiger partial charge in [-0.15, -0.1) is 0 Å². The molecule has 0 N–H and O–H groups in total. The summed E-state index contributed by atoms with van der Waals surface area (Å²) in [5.41, 5.74) is 0. The van der Waals surface area contributed by atoms with Gasteiger partial charge in [0.05, 0.1) is 6.61 Å². The molecule has 20 heavy (non-hydrogen) atoms. The summed E-state index contributed by atoms with van der Waals surface area (Å²) in [6.07, 6.45) is -0.137. The van der Waals surface area contributed by atoms with Crippen LogP contribution in [-0.2, 0) is 59.2 Å². The number of hydrogen-bond acceptors (Lipinski definition) is 7. The molecule has 0 rings (SSSR count). The van der Waals surface area contributed by atoms with E-state index in [9.17, 15) is 9.59 Å². The molecule has 0 fully saturated rings. The number of ketones is 1. The van der Waals surface area contributed by atoms with Crippen LogP contribution in [0.2, 0.25) is 0 Å². The quantitative estimate of drug-likeness (QED) is 0.466. The number of rotatable bonds is 8. The standard InChI is InChI=1S/C10H19NO4.CH4.S4/c1-9(12)8-10(13)15-7-5-11(2)4-6-14-3;;1-3-4-2/h4-8H2,1-3H3;1H4;. The first-order valence-electron chi connectivity index (χ1n) is 5.38. The molecule has 9 heteroatoms. The number of esters is 1. The van der Waals surface area contributed by atoms with Crippen LogP contribution >= 0.6 is 0 Å². The smallest absolute Gasteiger partial charge is 0.313 e. The minimum atomic E-state index is -0.456. The summed E-state index contributed by atoms with van der Waals surface area (Å²) >= 11 is 8.66. The van der Waals surface area contributed by atoms with Crippen LogP contribution in [0.5, 0.6) is 0 Å². The van der Waals surface area contributed by atoms with Crippen LogP contribution in [-0.4, -0.2) is 57.1 Å². The van der Waals surface area contributed by atoms with Crippen molar-refractivity contribution in [1.29, 1.82) is 0 Å². The van der Waals surface area contributed by atoms with Crippen LogP contribution in [0.3, 0.4) is 0 Å². The zero-order valence-electron chi connectivity index (χ0n) is 11.2. The van der Waals surface area contributed by atoms with Crippen molar-refractivity contribution in [3.05, 3.63) is 0 Å². The molecule has 0 unspecified atom stereocenters. The molecule has 5 nitrogen and oxygen atoms in total. The van der Waals surface area contributed by atoms with E-state index in [0.29, 0.717) is 19.8 Å². The third kappa shape index (κ3) is 23.1. The van der Waals surface area contributed by atoms with Gasteiger partial charge in [-0.2, -0.15) is 0 Å². The summed E-state index contributed by atoms with van der Waals surface area (Å²) in [6.45, 7) is 3.77. The Morgan fingerprint density at radius 2 is 1.65 bits per heavy atom. The zero-order valence-corrected chi connectivity index (χ0v) is 14.5. The second-order valence-corrected chi connectivity index (χ2v) is 7.07. The van der Waals surface area contributed by atoms with E-state index < -0.39 is 5.97 Å². The summed E-state index contributed by atoms with van der Waals surface area (Å²) in [5.74, 6) is -0.629. The average Bonchev–Trinajstić information content (AvgIpc) is 2.35. The Kier molecular flexibility index (Phi) is 23.6. The zero-order chi connectivity index (χ0) is 15.1. The normalized spacial score (nSPS) is 8.80. The van der Waals surface area contributed by atoms with Crippen LogP contribution in [0.4, 0.5) is 0 Å². The highest BCUT2D eigenvalue weighted by Crippen LogP contribution is 1.89. The third-order valence-corrected chi connectivity index (χ3v) is 4.06. The molecule has 0 atom stereocenters. The summed E-state index contributed by atoms with van der Waals surface area (Å²) in [4.78, 5) is 23.5.